The third-order valence-corrected chi connectivity index (χ3v) is 2.05. The van der Waals surface area contributed by atoms with Gasteiger partial charge >= 0.3 is 12.1 Å². The molecule has 0 aliphatic carbocycles. The van der Waals surface area contributed by atoms with E-state index in [9.17, 15) is 18.0 Å². The van der Waals surface area contributed by atoms with Crippen LogP contribution in [0, 0.1) is 11.8 Å². The van der Waals surface area contributed by atoms with Crippen LogP contribution in [0.25, 0.3) is 0 Å². The molecule has 0 spiro atoms. The number of hydrogen-bond donors (Lipinski definition) is 0. The van der Waals surface area contributed by atoms with Crippen LogP contribution in [-0.2, 0) is 15.7 Å². The number of halogens is 4. The van der Waals surface area contributed by atoms with E-state index in [4.69, 9.17) is 11.6 Å². The minimum absolute atomic E-state index is 0.0385. The monoisotopic (exact) mass is 291 g/mol. The lowest BCUT2D eigenvalue weighted by Crippen LogP contribution is -2.08. The zero-order valence-electron chi connectivity index (χ0n) is 9.84. The second-order valence-corrected chi connectivity index (χ2v) is 3.73. The number of hydrogen-bond acceptors (Lipinski definition) is 3. The van der Waals surface area contributed by atoms with Crippen LogP contribution < -0.4 is 0 Å². The summed E-state index contributed by atoms with van der Waals surface area (Å²) in [4.78, 5) is 14.1. The van der Waals surface area contributed by atoms with Crippen molar-refractivity contribution in [1.29, 1.82) is 0 Å². The molecule has 0 unspecified atom stereocenters. The second-order valence-electron chi connectivity index (χ2n) is 3.35. The van der Waals surface area contributed by atoms with Crippen LogP contribution in [0.15, 0.2) is 12.1 Å². The van der Waals surface area contributed by atoms with E-state index in [0.29, 0.717) is 0 Å². The maximum Gasteiger partial charge on any atom is 0.433 e. The van der Waals surface area contributed by atoms with Gasteiger partial charge in [-0.1, -0.05) is 23.4 Å². The van der Waals surface area contributed by atoms with Gasteiger partial charge in [0.25, 0.3) is 0 Å². The number of ether oxygens (including phenoxy) is 1. The van der Waals surface area contributed by atoms with Gasteiger partial charge in [0.15, 0.2) is 0 Å². The van der Waals surface area contributed by atoms with Crippen molar-refractivity contribution >= 4 is 17.6 Å². The molecule has 1 rings (SSSR count). The normalized spacial score (nSPS) is 10.6. The van der Waals surface area contributed by atoms with E-state index < -0.39 is 17.8 Å². The largest absolute Gasteiger partial charge is 0.465 e. The van der Waals surface area contributed by atoms with E-state index >= 15 is 0 Å². The Hall–Kier alpha value is -1.74. The van der Waals surface area contributed by atoms with Gasteiger partial charge in [-0.25, -0.2) is 4.98 Å². The van der Waals surface area contributed by atoms with E-state index in [-0.39, 0.29) is 23.7 Å². The van der Waals surface area contributed by atoms with Gasteiger partial charge in [0, 0.05) is 5.56 Å². The van der Waals surface area contributed by atoms with E-state index in [1.54, 1.807) is 6.92 Å². The molecule has 0 bridgehead atoms. The Morgan fingerprint density at radius 1 is 1.47 bits per heavy atom. The lowest BCUT2D eigenvalue weighted by atomic mass is 10.2. The second kappa shape index (κ2) is 6.43. The molecule has 0 saturated carbocycles. The lowest BCUT2D eigenvalue weighted by molar-refractivity contribution is -0.142. The average molecular weight is 292 g/mol. The molecule has 0 aliphatic heterocycles. The van der Waals surface area contributed by atoms with Crippen molar-refractivity contribution < 1.29 is 22.7 Å². The van der Waals surface area contributed by atoms with E-state index in [1.165, 1.54) is 6.07 Å². The van der Waals surface area contributed by atoms with Crippen molar-refractivity contribution in [1.82, 2.24) is 4.98 Å². The van der Waals surface area contributed by atoms with Crippen molar-refractivity contribution in [3.8, 4) is 11.8 Å². The molecule has 3 nitrogen and oxygen atoms in total. The molecule has 102 valence electrons. The van der Waals surface area contributed by atoms with Gasteiger partial charge in [0.05, 0.1) is 6.61 Å². The standard InChI is InChI=1S/C12H9ClF3NO2/c1-2-19-11(18)5-3-4-8-6-9(12(14,15)16)17-10(13)7-8/h6-7H,2,5H2,1H3. The molecule has 0 aliphatic rings. The summed E-state index contributed by atoms with van der Waals surface area (Å²) in [5.41, 5.74) is -1.09. The Labute approximate surface area is 112 Å². The topological polar surface area (TPSA) is 39.2 Å². The Bertz CT molecular complexity index is 532. The van der Waals surface area contributed by atoms with E-state index in [2.05, 4.69) is 21.6 Å². The fraction of sp³-hybridized carbons (Fsp3) is 0.333. The highest BCUT2D eigenvalue weighted by molar-refractivity contribution is 6.29. The zero-order valence-corrected chi connectivity index (χ0v) is 10.6. The Morgan fingerprint density at radius 2 is 2.16 bits per heavy atom. The first-order valence-electron chi connectivity index (χ1n) is 5.22. The Kier molecular flexibility index (Phi) is 5.19. The zero-order chi connectivity index (χ0) is 14.5. The van der Waals surface area contributed by atoms with Crippen molar-refractivity contribution in [3.63, 3.8) is 0 Å². The molecule has 1 heterocycles. The SMILES string of the molecule is CCOC(=O)CC#Cc1cc(Cl)nc(C(F)(F)F)c1. The summed E-state index contributed by atoms with van der Waals surface area (Å²) in [5.74, 6) is 4.29. The number of pyridine rings is 1. The molecular formula is C12H9ClF3NO2. The van der Waals surface area contributed by atoms with Crippen molar-refractivity contribution in [2.45, 2.75) is 19.5 Å². The molecule has 0 amide bonds. The predicted molar refractivity (Wildman–Crippen MR) is 62.4 cm³/mol. The minimum atomic E-state index is -4.59. The van der Waals surface area contributed by atoms with Gasteiger partial charge in [-0.05, 0) is 19.1 Å². The smallest absolute Gasteiger partial charge is 0.433 e. The molecule has 0 atom stereocenters. The summed E-state index contributed by atoms with van der Waals surface area (Å²) in [6.07, 6.45) is -4.79. The third kappa shape index (κ3) is 5.18. The highest BCUT2D eigenvalue weighted by Crippen LogP contribution is 2.29. The fourth-order valence-corrected chi connectivity index (χ4v) is 1.35. The summed E-state index contributed by atoms with van der Waals surface area (Å²) in [6.45, 7) is 1.86. The summed E-state index contributed by atoms with van der Waals surface area (Å²) in [6, 6.07) is 1.96. The molecule has 1 aromatic heterocycles. The number of esters is 1. The quantitative estimate of drug-likeness (QED) is 0.477. The minimum Gasteiger partial charge on any atom is -0.465 e. The summed E-state index contributed by atoms with van der Waals surface area (Å²) in [7, 11) is 0. The van der Waals surface area contributed by atoms with Gasteiger partial charge in [-0.15, -0.1) is 0 Å². The van der Waals surface area contributed by atoms with Crippen molar-refractivity contribution in [3.05, 3.63) is 28.5 Å². The Balaban J connectivity index is 2.88. The molecule has 0 aromatic carbocycles. The van der Waals surface area contributed by atoms with Gasteiger partial charge in [-0.3, -0.25) is 4.79 Å². The molecule has 0 fully saturated rings. The van der Waals surface area contributed by atoms with Gasteiger partial charge < -0.3 is 4.74 Å². The van der Waals surface area contributed by atoms with Gasteiger partial charge in [0.2, 0.25) is 0 Å². The number of carbonyl (C=O) groups is 1. The van der Waals surface area contributed by atoms with E-state index in [1.807, 2.05) is 0 Å². The summed E-state index contributed by atoms with van der Waals surface area (Å²) < 4.78 is 42.0. The van der Waals surface area contributed by atoms with Crippen LogP contribution in [0.2, 0.25) is 5.15 Å². The molecule has 7 heteroatoms. The highest BCUT2D eigenvalue weighted by Gasteiger charge is 2.33. The van der Waals surface area contributed by atoms with Crippen molar-refractivity contribution in [2.75, 3.05) is 6.61 Å². The van der Waals surface area contributed by atoms with Crippen LogP contribution in [0.3, 0.4) is 0 Å². The van der Waals surface area contributed by atoms with Crippen LogP contribution in [0.1, 0.15) is 24.6 Å². The highest BCUT2D eigenvalue weighted by atomic mass is 35.5. The number of rotatable bonds is 2. The van der Waals surface area contributed by atoms with Crippen LogP contribution >= 0.6 is 11.6 Å². The number of nitrogens with zero attached hydrogens (tertiary/aromatic N) is 1. The molecule has 0 N–H and O–H groups in total. The molecule has 0 saturated heterocycles. The number of alkyl halides is 3. The average Bonchev–Trinajstić information content (AvgIpc) is 2.27. The number of carbonyl (C=O) groups excluding carboxylic acids is 1. The molecular weight excluding hydrogens is 283 g/mol. The maximum absolute atomic E-state index is 12.5. The van der Waals surface area contributed by atoms with Gasteiger partial charge in [0.1, 0.15) is 17.3 Å². The van der Waals surface area contributed by atoms with Crippen molar-refractivity contribution in [2.24, 2.45) is 0 Å². The molecule has 0 radical (unpaired) electrons. The fourth-order valence-electron chi connectivity index (χ4n) is 1.14. The number of aromatic nitrogens is 1. The van der Waals surface area contributed by atoms with Crippen LogP contribution in [0.5, 0.6) is 0 Å². The lowest BCUT2D eigenvalue weighted by Gasteiger charge is -2.05. The first-order valence-corrected chi connectivity index (χ1v) is 5.60. The first kappa shape index (κ1) is 15.3. The van der Waals surface area contributed by atoms with Crippen LogP contribution in [0.4, 0.5) is 13.2 Å². The molecule has 19 heavy (non-hydrogen) atoms. The van der Waals surface area contributed by atoms with Crippen LogP contribution in [-0.4, -0.2) is 17.6 Å². The summed E-state index contributed by atoms with van der Waals surface area (Å²) >= 11 is 5.48. The maximum atomic E-state index is 12.5. The van der Waals surface area contributed by atoms with Gasteiger partial charge in [-0.2, -0.15) is 13.2 Å². The van der Waals surface area contributed by atoms with E-state index in [0.717, 1.165) is 6.07 Å². The first-order chi connectivity index (χ1) is 8.82. The third-order valence-electron chi connectivity index (χ3n) is 1.86. The molecule has 1 aromatic rings. The predicted octanol–water partition coefficient (Wildman–Crippen LogP) is 3.06. The Morgan fingerprint density at radius 3 is 2.74 bits per heavy atom. The summed E-state index contributed by atoms with van der Waals surface area (Å²) in [5, 5.41) is -0.310.